The Morgan fingerprint density at radius 1 is 1.30 bits per heavy atom. The molecule has 2 aromatic rings. The third kappa shape index (κ3) is 3.23. The summed E-state index contributed by atoms with van der Waals surface area (Å²) in [6, 6.07) is 10.5. The number of rotatable bonds is 6. The number of thiophene rings is 1. The predicted molar refractivity (Wildman–Crippen MR) is 91.0 cm³/mol. The van der Waals surface area contributed by atoms with Crippen molar-refractivity contribution >= 4 is 43.3 Å². The summed E-state index contributed by atoms with van der Waals surface area (Å²) in [5, 5.41) is 1.98. The molecule has 2 rings (SSSR count). The van der Waals surface area contributed by atoms with Crippen LogP contribution in [0.5, 0.6) is 0 Å². The number of amides is 1. The molecule has 0 saturated carbocycles. The van der Waals surface area contributed by atoms with Crippen molar-refractivity contribution in [3.8, 4) is 0 Å². The summed E-state index contributed by atoms with van der Waals surface area (Å²) in [6.07, 6.45) is 2.00. The first kappa shape index (κ1) is 15.5. The summed E-state index contributed by atoms with van der Waals surface area (Å²) in [6.45, 7) is 5.06. The maximum Gasteiger partial charge on any atom is 0.264 e. The van der Waals surface area contributed by atoms with E-state index in [1.54, 1.807) is 11.3 Å². The van der Waals surface area contributed by atoms with Crippen molar-refractivity contribution in [3.63, 3.8) is 0 Å². The van der Waals surface area contributed by atoms with Crippen LogP contribution in [-0.4, -0.2) is 28.7 Å². The van der Waals surface area contributed by atoms with Gasteiger partial charge in [0.15, 0.2) is 0 Å². The highest BCUT2D eigenvalue weighted by Gasteiger charge is 2.23. The van der Waals surface area contributed by atoms with Crippen molar-refractivity contribution in [1.29, 1.82) is 0 Å². The molecule has 0 saturated heterocycles. The topological polar surface area (TPSA) is 20.3 Å². The summed E-state index contributed by atoms with van der Waals surface area (Å²) in [4.78, 5) is 15.6. The van der Waals surface area contributed by atoms with Gasteiger partial charge in [0.2, 0.25) is 0 Å². The van der Waals surface area contributed by atoms with Crippen LogP contribution in [0.3, 0.4) is 0 Å². The second-order valence-electron chi connectivity index (χ2n) is 4.81. The largest absolute Gasteiger partial charge is 0.334 e. The molecule has 0 spiro atoms. The molecule has 1 aromatic carbocycles. The molecule has 0 aliphatic carbocycles. The summed E-state index contributed by atoms with van der Waals surface area (Å²) in [5.41, 5.74) is 0. The normalized spacial score (nSPS) is 11.2. The highest BCUT2D eigenvalue weighted by atomic mass is 79.9. The van der Waals surface area contributed by atoms with Gasteiger partial charge in [-0.15, -0.1) is 11.3 Å². The minimum atomic E-state index is 0.166. The van der Waals surface area contributed by atoms with E-state index in [0.29, 0.717) is 6.04 Å². The lowest BCUT2D eigenvalue weighted by molar-refractivity contribution is 0.0688. The Labute approximate surface area is 132 Å². The van der Waals surface area contributed by atoms with Gasteiger partial charge in [-0.25, -0.2) is 0 Å². The Morgan fingerprint density at radius 3 is 2.60 bits per heavy atom. The van der Waals surface area contributed by atoms with Crippen LogP contribution < -0.4 is 0 Å². The molecule has 2 nitrogen and oxygen atoms in total. The Kier molecular flexibility index (Phi) is 5.61. The van der Waals surface area contributed by atoms with Crippen LogP contribution in [0.4, 0.5) is 0 Å². The maximum absolute atomic E-state index is 12.8. The van der Waals surface area contributed by atoms with Gasteiger partial charge in [-0.1, -0.05) is 48.0 Å². The summed E-state index contributed by atoms with van der Waals surface area (Å²) < 4.78 is 1.18. The Hall–Kier alpha value is -0.870. The average molecular weight is 354 g/mol. The molecular formula is C16H20BrNOS. The summed E-state index contributed by atoms with van der Waals surface area (Å²) >= 11 is 5.05. The van der Waals surface area contributed by atoms with Gasteiger partial charge in [-0.2, -0.15) is 0 Å². The van der Waals surface area contributed by atoms with Gasteiger partial charge in [-0.05, 0) is 30.4 Å². The molecular weight excluding hydrogens is 334 g/mol. The smallest absolute Gasteiger partial charge is 0.264 e. The third-order valence-electron chi connectivity index (χ3n) is 3.61. The van der Waals surface area contributed by atoms with E-state index in [4.69, 9.17) is 0 Å². The van der Waals surface area contributed by atoms with Crippen LogP contribution in [0.15, 0.2) is 30.3 Å². The lowest BCUT2D eigenvalue weighted by atomic mass is 10.1. The van der Waals surface area contributed by atoms with Gasteiger partial charge in [0.05, 0.1) is 4.88 Å². The van der Waals surface area contributed by atoms with E-state index in [1.165, 1.54) is 4.70 Å². The molecule has 0 bridgehead atoms. The second kappa shape index (κ2) is 7.23. The number of benzene rings is 1. The molecule has 0 atom stereocenters. The maximum atomic E-state index is 12.8. The van der Waals surface area contributed by atoms with Crippen LogP contribution in [0.2, 0.25) is 0 Å². The Morgan fingerprint density at radius 2 is 2.00 bits per heavy atom. The van der Waals surface area contributed by atoms with Gasteiger partial charge >= 0.3 is 0 Å². The number of halogens is 1. The molecule has 0 unspecified atom stereocenters. The predicted octanol–water partition coefficient (Wildman–Crippen LogP) is 4.93. The molecule has 1 heterocycles. The third-order valence-corrected chi connectivity index (χ3v) is 5.06. The van der Waals surface area contributed by atoms with E-state index in [-0.39, 0.29) is 5.91 Å². The fourth-order valence-electron chi connectivity index (χ4n) is 2.50. The van der Waals surface area contributed by atoms with Crippen LogP contribution in [-0.2, 0) is 0 Å². The summed E-state index contributed by atoms with van der Waals surface area (Å²) in [7, 11) is 0. The molecule has 108 valence electrons. The number of hydrogen-bond donors (Lipinski definition) is 0. The number of alkyl halides is 1. The van der Waals surface area contributed by atoms with Crippen LogP contribution in [0, 0.1) is 0 Å². The number of fused-ring (bicyclic) bond motifs is 1. The first-order chi connectivity index (χ1) is 9.71. The molecule has 1 aromatic heterocycles. The van der Waals surface area contributed by atoms with Crippen LogP contribution in [0.1, 0.15) is 36.4 Å². The average Bonchev–Trinajstić information content (AvgIpc) is 2.90. The van der Waals surface area contributed by atoms with Crippen molar-refractivity contribution in [1.82, 2.24) is 4.90 Å². The molecule has 0 fully saturated rings. The lowest BCUT2D eigenvalue weighted by Crippen LogP contribution is -2.40. The Balaban J connectivity index is 2.30. The molecule has 1 amide bonds. The molecule has 4 heteroatoms. The standard InChI is InChI=1S/C16H20BrNOS/c1-3-13(4-2)18(10-9-17)16(19)15-11-12-7-5-6-8-14(12)20-15/h5-8,11,13H,3-4,9-10H2,1-2H3. The monoisotopic (exact) mass is 353 g/mol. The van der Waals surface area contributed by atoms with E-state index in [2.05, 4.69) is 41.9 Å². The number of hydrogen-bond acceptors (Lipinski definition) is 2. The van der Waals surface area contributed by atoms with Crippen LogP contribution >= 0.6 is 27.3 Å². The van der Waals surface area contributed by atoms with E-state index < -0.39 is 0 Å². The quantitative estimate of drug-likeness (QED) is 0.674. The lowest BCUT2D eigenvalue weighted by Gasteiger charge is -2.29. The van der Waals surface area contributed by atoms with Gasteiger partial charge in [0.1, 0.15) is 0 Å². The van der Waals surface area contributed by atoms with Crippen molar-refractivity contribution in [2.75, 3.05) is 11.9 Å². The first-order valence-corrected chi connectivity index (χ1v) is 9.00. The highest BCUT2D eigenvalue weighted by molar-refractivity contribution is 9.09. The zero-order valence-electron chi connectivity index (χ0n) is 11.9. The fraction of sp³-hybridized carbons (Fsp3) is 0.438. The van der Waals surface area contributed by atoms with Gasteiger partial charge in [0, 0.05) is 22.6 Å². The first-order valence-electron chi connectivity index (χ1n) is 7.06. The number of nitrogens with zero attached hydrogens (tertiary/aromatic N) is 1. The van der Waals surface area contributed by atoms with Gasteiger partial charge in [0.25, 0.3) is 5.91 Å². The number of carbonyl (C=O) groups excluding carboxylic acids is 1. The zero-order chi connectivity index (χ0) is 14.5. The highest BCUT2D eigenvalue weighted by Crippen LogP contribution is 2.27. The number of carbonyl (C=O) groups is 1. The van der Waals surface area contributed by atoms with Gasteiger partial charge < -0.3 is 4.90 Å². The molecule has 0 N–H and O–H groups in total. The van der Waals surface area contributed by atoms with Crippen molar-refractivity contribution in [2.24, 2.45) is 0 Å². The van der Waals surface area contributed by atoms with Crippen molar-refractivity contribution in [2.45, 2.75) is 32.7 Å². The van der Waals surface area contributed by atoms with E-state index in [9.17, 15) is 4.79 Å². The minimum Gasteiger partial charge on any atom is -0.334 e. The van der Waals surface area contributed by atoms with Crippen molar-refractivity contribution < 1.29 is 4.79 Å². The zero-order valence-corrected chi connectivity index (χ0v) is 14.3. The SMILES string of the molecule is CCC(CC)N(CCBr)C(=O)c1cc2ccccc2s1. The fourth-order valence-corrected chi connectivity index (χ4v) is 3.90. The summed E-state index contributed by atoms with van der Waals surface area (Å²) in [5.74, 6) is 0.166. The second-order valence-corrected chi connectivity index (χ2v) is 6.68. The molecule has 0 aliphatic heterocycles. The van der Waals surface area contributed by atoms with E-state index in [1.807, 2.05) is 23.1 Å². The Bertz CT molecular complexity index is 544. The van der Waals surface area contributed by atoms with Crippen molar-refractivity contribution in [3.05, 3.63) is 35.2 Å². The van der Waals surface area contributed by atoms with Gasteiger partial charge in [-0.3, -0.25) is 4.79 Å². The molecule has 20 heavy (non-hydrogen) atoms. The van der Waals surface area contributed by atoms with E-state index >= 15 is 0 Å². The van der Waals surface area contributed by atoms with Crippen LogP contribution in [0.25, 0.3) is 10.1 Å². The van der Waals surface area contributed by atoms with E-state index in [0.717, 1.165) is 35.0 Å². The minimum absolute atomic E-state index is 0.166. The molecule has 0 aliphatic rings. The molecule has 0 radical (unpaired) electrons.